The third kappa shape index (κ3) is 4.59. The van der Waals surface area contributed by atoms with Crippen LogP contribution in [0.15, 0.2) is 53.7 Å². The lowest BCUT2D eigenvalue weighted by atomic mass is 10.2. The van der Waals surface area contributed by atoms with Gasteiger partial charge < -0.3 is 4.90 Å². The van der Waals surface area contributed by atoms with E-state index in [2.05, 4.69) is 15.5 Å². The maximum atomic E-state index is 13.4. The molecule has 9 heteroatoms. The molecule has 2 aromatic carbocycles. The van der Waals surface area contributed by atoms with Crippen molar-refractivity contribution in [3.05, 3.63) is 64.9 Å². The van der Waals surface area contributed by atoms with E-state index in [1.165, 1.54) is 28.6 Å². The summed E-state index contributed by atoms with van der Waals surface area (Å²) in [5, 5.41) is 12.4. The summed E-state index contributed by atoms with van der Waals surface area (Å²) in [6.07, 6.45) is 0. The molecule has 0 atom stereocenters. The van der Waals surface area contributed by atoms with Crippen molar-refractivity contribution in [3.8, 4) is 5.69 Å². The molecule has 0 saturated heterocycles. The lowest BCUT2D eigenvalue weighted by Crippen LogP contribution is -2.27. The normalized spacial score (nSPS) is 10.7. The van der Waals surface area contributed by atoms with Gasteiger partial charge >= 0.3 is 0 Å². The molecule has 1 aromatic heterocycles. The molecule has 134 valence electrons. The van der Waals surface area contributed by atoms with Crippen molar-refractivity contribution in [2.45, 2.75) is 11.7 Å². The van der Waals surface area contributed by atoms with Crippen LogP contribution in [0, 0.1) is 5.82 Å². The van der Waals surface area contributed by atoms with Gasteiger partial charge in [-0.1, -0.05) is 41.6 Å². The molecule has 0 aliphatic rings. The SMILES string of the molecule is CN(Cc1ccc(Cl)cc1)C(=O)CSc1nnnn1-c1cccc(F)c1. The molecule has 26 heavy (non-hydrogen) atoms. The van der Waals surface area contributed by atoms with Gasteiger partial charge in [-0.2, -0.15) is 4.68 Å². The number of amides is 1. The fourth-order valence-corrected chi connectivity index (χ4v) is 3.18. The predicted octanol–water partition coefficient (Wildman–Crippen LogP) is 3.21. The van der Waals surface area contributed by atoms with E-state index in [0.717, 1.165) is 5.56 Å². The highest BCUT2D eigenvalue weighted by molar-refractivity contribution is 7.99. The van der Waals surface area contributed by atoms with Crippen molar-refractivity contribution in [2.24, 2.45) is 0 Å². The molecule has 0 spiro atoms. The Labute approximate surface area is 159 Å². The van der Waals surface area contributed by atoms with Gasteiger partial charge in [0, 0.05) is 18.6 Å². The third-order valence-corrected chi connectivity index (χ3v) is 4.73. The summed E-state index contributed by atoms with van der Waals surface area (Å²) in [5.41, 5.74) is 1.49. The van der Waals surface area contributed by atoms with Crippen LogP contribution in [0.3, 0.4) is 0 Å². The lowest BCUT2D eigenvalue weighted by molar-refractivity contribution is -0.127. The number of rotatable bonds is 6. The van der Waals surface area contributed by atoms with Crippen molar-refractivity contribution in [1.29, 1.82) is 0 Å². The van der Waals surface area contributed by atoms with Crippen molar-refractivity contribution >= 4 is 29.3 Å². The van der Waals surface area contributed by atoms with Crippen LogP contribution in [-0.2, 0) is 11.3 Å². The number of aromatic nitrogens is 4. The third-order valence-electron chi connectivity index (χ3n) is 3.58. The zero-order valence-electron chi connectivity index (χ0n) is 13.8. The van der Waals surface area contributed by atoms with Gasteiger partial charge in [0.1, 0.15) is 5.82 Å². The second kappa shape index (κ2) is 8.29. The van der Waals surface area contributed by atoms with Crippen LogP contribution in [-0.4, -0.2) is 43.8 Å². The van der Waals surface area contributed by atoms with Crippen LogP contribution in [0.2, 0.25) is 5.02 Å². The monoisotopic (exact) mass is 391 g/mol. The molecular weight excluding hydrogens is 377 g/mol. The van der Waals surface area contributed by atoms with Crippen LogP contribution in [0.1, 0.15) is 5.56 Å². The van der Waals surface area contributed by atoms with Crippen molar-refractivity contribution in [3.63, 3.8) is 0 Å². The van der Waals surface area contributed by atoms with Crippen LogP contribution in [0.4, 0.5) is 4.39 Å². The topological polar surface area (TPSA) is 63.9 Å². The van der Waals surface area contributed by atoms with E-state index >= 15 is 0 Å². The Morgan fingerprint density at radius 3 is 2.77 bits per heavy atom. The van der Waals surface area contributed by atoms with Gasteiger partial charge in [0.15, 0.2) is 0 Å². The fourth-order valence-electron chi connectivity index (χ4n) is 2.23. The summed E-state index contributed by atoms with van der Waals surface area (Å²) >= 11 is 7.06. The van der Waals surface area contributed by atoms with Crippen molar-refractivity contribution in [1.82, 2.24) is 25.1 Å². The number of thioether (sulfide) groups is 1. The quantitative estimate of drug-likeness (QED) is 0.604. The lowest BCUT2D eigenvalue weighted by Gasteiger charge is -2.17. The van der Waals surface area contributed by atoms with Crippen molar-refractivity contribution in [2.75, 3.05) is 12.8 Å². The van der Waals surface area contributed by atoms with Gasteiger partial charge in [0.25, 0.3) is 0 Å². The zero-order valence-corrected chi connectivity index (χ0v) is 15.4. The Hall–Kier alpha value is -2.45. The summed E-state index contributed by atoms with van der Waals surface area (Å²) in [6.45, 7) is 0.478. The zero-order chi connectivity index (χ0) is 18.5. The van der Waals surface area contributed by atoms with Gasteiger partial charge in [0.05, 0.1) is 11.4 Å². The van der Waals surface area contributed by atoms with Crippen molar-refractivity contribution < 1.29 is 9.18 Å². The van der Waals surface area contributed by atoms with Crippen LogP contribution < -0.4 is 0 Å². The molecule has 0 aliphatic carbocycles. The number of tetrazole rings is 1. The van der Waals surface area contributed by atoms with E-state index in [1.807, 2.05) is 12.1 Å². The molecule has 0 saturated carbocycles. The van der Waals surface area contributed by atoms with E-state index < -0.39 is 0 Å². The number of carbonyl (C=O) groups is 1. The number of hydrogen-bond donors (Lipinski definition) is 0. The van der Waals surface area contributed by atoms with E-state index in [4.69, 9.17) is 11.6 Å². The van der Waals surface area contributed by atoms with E-state index in [9.17, 15) is 9.18 Å². The summed E-state index contributed by atoms with van der Waals surface area (Å²) in [4.78, 5) is 14.0. The van der Waals surface area contributed by atoms with E-state index in [0.29, 0.717) is 22.4 Å². The highest BCUT2D eigenvalue weighted by Gasteiger charge is 2.14. The second-order valence-electron chi connectivity index (χ2n) is 5.52. The van der Waals surface area contributed by atoms with E-state index in [-0.39, 0.29) is 17.5 Å². The average molecular weight is 392 g/mol. The van der Waals surface area contributed by atoms with E-state index in [1.54, 1.807) is 36.2 Å². The maximum Gasteiger partial charge on any atom is 0.233 e. The molecule has 0 N–H and O–H groups in total. The Morgan fingerprint density at radius 1 is 1.27 bits per heavy atom. The fraction of sp³-hybridized carbons (Fsp3) is 0.176. The largest absolute Gasteiger partial charge is 0.341 e. The highest BCUT2D eigenvalue weighted by Crippen LogP contribution is 2.19. The average Bonchev–Trinajstić information content (AvgIpc) is 3.10. The number of halogens is 2. The Balaban J connectivity index is 1.61. The molecule has 0 unspecified atom stereocenters. The number of nitrogens with zero attached hydrogens (tertiary/aromatic N) is 5. The molecule has 3 aromatic rings. The van der Waals surface area contributed by atoms with Crippen LogP contribution in [0.5, 0.6) is 0 Å². The minimum absolute atomic E-state index is 0.0706. The standard InChI is InChI=1S/C17H15ClFN5OS/c1-23(10-12-5-7-13(18)8-6-12)16(25)11-26-17-20-21-22-24(17)15-4-2-3-14(19)9-15/h2-9H,10-11H2,1H3. The first-order valence-corrected chi connectivity index (χ1v) is 9.05. The summed E-state index contributed by atoms with van der Waals surface area (Å²) in [7, 11) is 1.73. The molecule has 0 aliphatic heterocycles. The molecule has 6 nitrogen and oxygen atoms in total. The molecule has 0 bridgehead atoms. The summed E-state index contributed by atoms with van der Waals surface area (Å²) in [5.74, 6) is -0.286. The first-order chi connectivity index (χ1) is 12.5. The smallest absolute Gasteiger partial charge is 0.233 e. The van der Waals surface area contributed by atoms with Gasteiger partial charge in [-0.15, -0.1) is 5.10 Å². The maximum absolute atomic E-state index is 13.4. The molecule has 3 rings (SSSR count). The van der Waals surface area contributed by atoms with Gasteiger partial charge in [0.2, 0.25) is 11.1 Å². The number of benzene rings is 2. The Kier molecular flexibility index (Phi) is 5.85. The van der Waals surface area contributed by atoms with Gasteiger partial charge in [-0.3, -0.25) is 4.79 Å². The first-order valence-electron chi connectivity index (χ1n) is 7.68. The minimum atomic E-state index is -0.382. The summed E-state index contributed by atoms with van der Waals surface area (Å²) < 4.78 is 14.8. The van der Waals surface area contributed by atoms with Gasteiger partial charge in [-0.05, 0) is 46.3 Å². The highest BCUT2D eigenvalue weighted by atomic mass is 35.5. The summed E-state index contributed by atoms with van der Waals surface area (Å²) in [6, 6.07) is 13.3. The Bertz CT molecular complexity index is 902. The molecule has 0 fully saturated rings. The van der Waals surface area contributed by atoms with Crippen LogP contribution >= 0.6 is 23.4 Å². The molecule has 1 heterocycles. The predicted molar refractivity (Wildman–Crippen MR) is 97.8 cm³/mol. The Morgan fingerprint density at radius 2 is 2.04 bits per heavy atom. The minimum Gasteiger partial charge on any atom is -0.341 e. The molecule has 0 radical (unpaired) electrons. The van der Waals surface area contributed by atoms with Crippen LogP contribution in [0.25, 0.3) is 5.69 Å². The molecule has 1 amide bonds. The number of carbonyl (C=O) groups excluding carboxylic acids is 1. The van der Waals surface area contributed by atoms with Gasteiger partial charge in [-0.25, -0.2) is 4.39 Å². The molecular formula is C17H15ClFN5OS. The number of hydrogen-bond acceptors (Lipinski definition) is 5. The first kappa shape index (κ1) is 18.3. The second-order valence-corrected chi connectivity index (χ2v) is 6.90.